The molecule has 19 heavy (non-hydrogen) atoms. The summed E-state index contributed by atoms with van der Waals surface area (Å²) >= 11 is 0. The van der Waals surface area contributed by atoms with E-state index in [1.54, 1.807) is 0 Å². The molecule has 0 aliphatic heterocycles. The van der Waals surface area contributed by atoms with Crippen molar-refractivity contribution in [2.45, 2.75) is 53.1 Å². The Morgan fingerprint density at radius 3 is 2.26 bits per heavy atom. The van der Waals surface area contributed by atoms with E-state index in [4.69, 9.17) is 4.74 Å². The van der Waals surface area contributed by atoms with Crippen molar-refractivity contribution >= 4 is 6.09 Å². The number of amides is 1. The fourth-order valence-electron chi connectivity index (χ4n) is 1.57. The van der Waals surface area contributed by atoms with Gasteiger partial charge in [-0.1, -0.05) is 38.8 Å². The number of hydrogen-bond acceptors (Lipinski definition) is 3. The number of alkyl carbamates (subject to hydrolysis) is 1. The molecule has 4 heteroatoms. The van der Waals surface area contributed by atoms with Gasteiger partial charge in [0, 0.05) is 13.1 Å². The minimum atomic E-state index is -0.440. The van der Waals surface area contributed by atoms with E-state index in [-0.39, 0.29) is 6.09 Å². The lowest BCUT2D eigenvalue weighted by Gasteiger charge is -2.19. The van der Waals surface area contributed by atoms with Crippen LogP contribution in [0, 0.1) is 5.92 Å². The Morgan fingerprint density at radius 1 is 1.16 bits per heavy atom. The number of rotatable bonds is 8. The Hall–Kier alpha value is -1.03. The van der Waals surface area contributed by atoms with Gasteiger partial charge in [-0.15, -0.1) is 0 Å². The van der Waals surface area contributed by atoms with E-state index in [9.17, 15) is 4.79 Å². The van der Waals surface area contributed by atoms with E-state index in [0.29, 0.717) is 6.54 Å². The second-order valence-corrected chi connectivity index (χ2v) is 5.69. The van der Waals surface area contributed by atoms with E-state index >= 15 is 0 Å². The SMILES string of the molecule is CCC(CC)CNC/C=C/CNC(=O)OC(C)(C)C. The number of nitrogens with one attached hydrogen (secondary N) is 2. The molecular weight excluding hydrogens is 240 g/mol. The van der Waals surface area contributed by atoms with Crippen molar-refractivity contribution < 1.29 is 9.53 Å². The van der Waals surface area contributed by atoms with Crippen molar-refractivity contribution in [1.82, 2.24) is 10.6 Å². The van der Waals surface area contributed by atoms with Crippen LogP contribution in [0.4, 0.5) is 4.79 Å². The van der Waals surface area contributed by atoms with Gasteiger partial charge < -0.3 is 15.4 Å². The maximum Gasteiger partial charge on any atom is 0.407 e. The lowest BCUT2D eigenvalue weighted by atomic mass is 10.0. The topological polar surface area (TPSA) is 50.4 Å². The van der Waals surface area contributed by atoms with Gasteiger partial charge in [0.1, 0.15) is 5.60 Å². The molecule has 0 radical (unpaired) electrons. The molecule has 0 heterocycles. The van der Waals surface area contributed by atoms with Crippen LogP contribution in [0.5, 0.6) is 0 Å². The Labute approximate surface area is 118 Å². The molecule has 0 unspecified atom stereocenters. The van der Waals surface area contributed by atoms with Crippen LogP contribution in [0.1, 0.15) is 47.5 Å². The second-order valence-electron chi connectivity index (χ2n) is 5.69. The van der Waals surface area contributed by atoms with Crippen LogP contribution in [0.15, 0.2) is 12.2 Å². The van der Waals surface area contributed by atoms with Crippen LogP contribution in [-0.4, -0.2) is 31.3 Å². The number of carbonyl (C=O) groups excluding carboxylic acids is 1. The molecule has 0 bridgehead atoms. The maximum absolute atomic E-state index is 11.3. The van der Waals surface area contributed by atoms with Gasteiger partial charge >= 0.3 is 6.09 Å². The van der Waals surface area contributed by atoms with Crippen molar-refractivity contribution in [3.05, 3.63) is 12.2 Å². The molecule has 0 aromatic carbocycles. The zero-order chi connectivity index (χ0) is 14.7. The first-order valence-corrected chi connectivity index (χ1v) is 7.21. The summed E-state index contributed by atoms with van der Waals surface area (Å²) in [6.07, 6.45) is 6.02. The molecule has 0 aliphatic rings. The molecule has 0 atom stereocenters. The van der Waals surface area contributed by atoms with Gasteiger partial charge in [-0.2, -0.15) is 0 Å². The highest BCUT2D eigenvalue weighted by Crippen LogP contribution is 2.06. The highest BCUT2D eigenvalue weighted by Gasteiger charge is 2.14. The molecule has 0 aromatic heterocycles. The predicted octanol–water partition coefficient (Wildman–Crippen LogP) is 3.09. The molecule has 0 saturated carbocycles. The Kier molecular flexibility index (Phi) is 9.31. The largest absolute Gasteiger partial charge is 0.444 e. The summed E-state index contributed by atoms with van der Waals surface area (Å²) in [5, 5.41) is 6.07. The first kappa shape index (κ1) is 18.0. The van der Waals surface area contributed by atoms with Crippen molar-refractivity contribution in [1.29, 1.82) is 0 Å². The summed E-state index contributed by atoms with van der Waals surface area (Å²) in [6.45, 7) is 12.4. The van der Waals surface area contributed by atoms with Gasteiger partial charge in [-0.3, -0.25) is 0 Å². The van der Waals surface area contributed by atoms with Crippen LogP contribution in [-0.2, 0) is 4.74 Å². The van der Waals surface area contributed by atoms with E-state index in [1.807, 2.05) is 32.9 Å². The minimum absolute atomic E-state index is 0.373. The third kappa shape index (κ3) is 11.8. The van der Waals surface area contributed by atoms with Crippen LogP contribution in [0.2, 0.25) is 0 Å². The summed E-state index contributed by atoms with van der Waals surface area (Å²) in [6, 6.07) is 0. The molecule has 0 fully saturated rings. The van der Waals surface area contributed by atoms with E-state index in [2.05, 4.69) is 24.5 Å². The molecule has 0 spiro atoms. The smallest absolute Gasteiger partial charge is 0.407 e. The molecule has 112 valence electrons. The molecule has 1 amide bonds. The molecule has 0 rings (SSSR count). The fourth-order valence-corrected chi connectivity index (χ4v) is 1.57. The minimum Gasteiger partial charge on any atom is -0.444 e. The van der Waals surface area contributed by atoms with Gasteiger partial charge in [-0.05, 0) is 33.2 Å². The van der Waals surface area contributed by atoms with Gasteiger partial charge in [0.25, 0.3) is 0 Å². The summed E-state index contributed by atoms with van der Waals surface area (Å²) < 4.78 is 5.13. The van der Waals surface area contributed by atoms with Crippen molar-refractivity contribution in [2.24, 2.45) is 5.92 Å². The van der Waals surface area contributed by atoms with Crippen LogP contribution in [0.25, 0.3) is 0 Å². The standard InChI is InChI=1S/C15H30N2O2/c1-6-13(7-2)12-16-10-8-9-11-17-14(18)19-15(3,4)5/h8-9,13,16H,6-7,10-12H2,1-5H3,(H,17,18)/b9-8+. The van der Waals surface area contributed by atoms with E-state index in [0.717, 1.165) is 19.0 Å². The Morgan fingerprint density at radius 2 is 1.74 bits per heavy atom. The molecule has 0 aliphatic carbocycles. The zero-order valence-electron chi connectivity index (χ0n) is 13.1. The number of hydrogen-bond donors (Lipinski definition) is 2. The quantitative estimate of drug-likeness (QED) is 0.526. The summed E-state index contributed by atoms with van der Waals surface area (Å²) in [5.74, 6) is 0.758. The maximum atomic E-state index is 11.3. The molecule has 2 N–H and O–H groups in total. The predicted molar refractivity (Wildman–Crippen MR) is 80.3 cm³/mol. The van der Waals surface area contributed by atoms with Crippen molar-refractivity contribution in [3.8, 4) is 0 Å². The van der Waals surface area contributed by atoms with Gasteiger partial charge in [0.05, 0.1) is 0 Å². The van der Waals surface area contributed by atoms with Gasteiger partial charge in [0.2, 0.25) is 0 Å². The number of ether oxygens (including phenoxy) is 1. The first-order valence-electron chi connectivity index (χ1n) is 7.21. The second kappa shape index (κ2) is 9.84. The summed E-state index contributed by atoms with van der Waals surface area (Å²) in [7, 11) is 0. The van der Waals surface area contributed by atoms with Crippen LogP contribution in [0.3, 0.4) is 0 Å². The van der Waals surface area contributed by atoms with E-state index < -0.39 is 5.60 Å². The fraction of sp³-hybridized carbons (Fsp3) is 0.800. The highest BCUT2D eigenvalue weighted by molar-refractivity contribution is 5.67. The van der Waals surface area contributed by atoms with Gasteiger partial charge in [-0.25, -0.2) is 4.79 Å². The van der Waals surface area contributed by atoms with E-state index in [1.165, 1.54) is 12.8 Å². The highest BCUT2D eigenvalue weighted by atomic mass is 16.6. The zero-order valence-corrected chi connectivity index (χ0v) is 13.1. The van der Waals surface area contributed by atoms with Crippen molar-refractivity contribution in [3.63, 3.8) is 0 Å². The monoisotopic (exact) mass is 270 g/mol. The third-order valence-corrected chi connectivity index (χ3v) is 2.78. The molecular formula is C15H30N2O2. The molecule has 0 aromatic rings. The van der Waals surface area contributed by atoms with Crippen LogP contribution >= 0.6 is 0 Å². The first-order chi connectivity index (χ1) is 8.89. The van der Waals surface area contributed by atoms with Crippen molar-refractivity contribution in [2.75, 3.05) is 19.6 Å². The average Bonchev–Trinajstić information content (AvgIpc) is 2.30. The van der Waals surface area contributed by atoms with Gasteiger partial charge in [0.15, 0.2) is 0 Å². The lowest BCUT2D eigenvalue weighted by molar-refractivity contribution is 0.0534. The third-order valence-electron chi connectivity index (χ3n) is 2.78. The molecule has 0 saturated heterocycles. The lowest BCUT2D eigenvalue weighted by Crippen LogP contribution is -2.32. The molecule has 4 nitrogen and oxygen atoms in total. The summed E-state index contributed by atoms with van der Waals surface area (Å²) in [4.78, 5) is 11.3. The Balaban J connectivity index is 3.57. The normalized spacial score (nSPS) is 12.1. The van der Waals surface area contributed by atoms with Crippen LogP contribution < -0.4 is 10.6 Å². The Bertz CT molecular complexity index is 266. The number of carbonyl (C=O) groups is 1. The summed E-state index contributed by atoms with van der Waals surface area (Å²) in [5.41, 5.74) is -0.440. The average molecular weight is 270 g/mol.